The zero-order valence-corrected chi connectivity index (χ0v) is 14.0. The molecular formula is C18H22N4O3. The van der Waals surface area contributed by atoms with Gasteiger partial charge in [-0.05, 0) is 42.4 Å². The van der Waals surface area contributed by atoms with E-state index >= 15 is 0 Å². The van der Waals surface area contributed by atoms with Gasteiger partial charge < -0.3 is 4.90 Å². The Morgan fingerprint density at radius 2 is 1.84 bits per heavy atom. The summed E-state index contributed by atoms with van der Waals surface area (Å²) in [5.41, 5.74) is 2.89. The topological polar surface area (TPSA) is 95.7 Å². The summed E-state index contributed by atoms with van der Waals surface area (Å²) in [6, 6.07) is 5.46. The summed E-state index contributed by atoms with van der Waals surface area (Å²) in [6.07, 6.45) is 2.70. The first kappa shape index (κ1) is 16.2. The first-order valence-corrected chi connectivity index (χ1v) is 8.80. The van der Waals surface area contributed by atoms with Gasteiger partial charge in [0.1, 0.15) is 6.04 Å². The molecule has 3 N–H and O–H groups in total. The predicted molar refractivity (Wildman–Crippen MR) is 90.2 cm³/mol. The van der Waals surface area contributed by atoms with E-state index in [2.05, 4.69) is 11.4 Å². The van der Waals surface area contributed by atoms with Gasteiger partial charge in [0.05, 0.1) is 0 Å². The van der Waals surface area contributed by atoms with Gasteiger partial charge in [-0.3, -0.25) is 25.5 Å². The Morgan fingerprint density at radius 3 is 2.56 bits per heavy atom. The highest BCUT2D eigenvalue weighted by atomic mass is 16.2. The Bertz CT molecular complexity index is 740. The highest BCUT2D eigenvalue weighted by Gasteiger charge is 2.39. The van der Waals surface area contributed by atoms with Crippen LogP contribution in [-0.2, 0) is 16.1 Å². The lowest BCUT2D eigenvalue weighted by Gasteiger charge is -2.29. The Labute approximate surface area is 146 Å². The molecule has 1 aromatic rings. The molecule has 3 heterocycles. The lowest BCUT2D eigenvalue weighted by atomic mass is 9.88. The molecule has 3 amide bonds. The van der Waals surface area contributed by atoms with Gasteiger partial charge in [0.15, 0.2) is 0 Å². The Morgan fingerprint density at radius 1 is 1.08 bits per heavy atom. The molecular weight excluding hydrogens is 320 g/mol. The SMILES string of the molecule is NN1CCC(c2ccc3c(c2)CN(C2CCC(=O)NC2=O)C3=O)CC1. The lowest BCUT2D eigenvalue weighted by Crippen LogP contribution is -2.52. The van der Waals surface area contributed by atoms with Crippen LogP contribution in [0.2, 0.25) is 0 Å². The van der Waals surface area contributed by atoms with Crippen molar-refractivity contribution in [1.29, 1.82) is 0 Å². The van der Waals surface area contributed by atoms with Crippen LogP contribution in [0, 0.1) is 0 Å². The number of hydrazine groups is 1. The highest BCUT2D eigenvalue weighted by Crippen LogP contribution is 2.33. The van der Waals surface area contributed by atoms with Gasteiger partial charge in [-0.1, -0.05) is 12.1 Å². The second-order valence-electron chi connectivity index (χ2n) is 7.13. The molecule has 1 unspecified atom stereocenters. The summed E-state index contributed by atoms with van der Waals surface area (Å²) < 4.78 is 0. The molecule has 0 saturated carbocycles. The van der Waals surface area contributed by atoms with Gasteiger partial charge in [-0.2, -0.15) is 0 Å². The summed E-state index contributed by atoms with van der Waals surface area (Å²) in [7, 11) is 0. The maximum Gasteiger partial charge on any atom is 0.255 e. The number of benzene rings is 1. The van der Waals surface area contributed by atoms with Gasteiger partial charge in [0, 0.05) is 31.6 Å². The van der Waals surface area contributed by atoms with Gasteiger partial charge in [0.25, 0.3) is 5.91 Å². The molecule has 3 aliphatic heterocycles. The first-order chi connectivity index (χ1) is 12.0. The monoisotopic (exact) mass is 342 g/mol. The number of rotatable bonds is 2. The minimum absolute atomic E-state index is 0.118. The smallest absolute Gasteiger partial charge is 0.255 e. The van der Waals surface area contributed by atoms with Crippen LogP contribution >= 0.6 is 0 Å². The summed E-state index contributed by atoms with van der Waals surface area (Å²) in [6.45, 7) is 2.19. The van der Waals surface area contributed by atoms with Crippen LogP contribution in [0.15, 0.2) is 18.2 Å². The van der Waals surface area contributed by atoms with Gasteiger partial charge >= 0.3 is 0 Å². The molecule has 0 bridgehead atoms. The molecule has 3 aliphatic rings. The fourth-order valence-electron chi connectivity index (χ4n) is 4.08. The summed E-state index contributed by atoms with van der Waals surface area (Å²) in [5, 5.41) is 4.18. The molecule has 2 fully saturated rings. The van der Waals surface area contributed by atoms with E-state index in [9.17, 15) is 14.4 Å². The highest BCUT2D eigenvalue weighted by molar-refractivity contribution is 6.05. The average molecular weight is 342 g/mol. The van der Waals surface area contributed by atoms with Crippen molar-refractivity contribution in [3.05, 3.63) is 34.9 Å². The second-order valence-corrected chi connectivity index (χ2v) is 7.13. The van der Waals surface area contributed by atoms with Crippen LogP contribution in [0.1, 0.15) is 53.1 Å². The van der Waals surface area contributed by atoms with Crippen LogP contribution in [0.3, 0.4) is 0 Å². The Kier molecular flexibility index (Phi) is 4.05. The van der Waals surface area contributed by atoms with E-state index < -0.39 is 6.04 Å². The van der Waals surface area contributed by atoms with E-state index in [0.717, 1.165) is 31.5 Å². The number of carbonyl (C=O) groups is 3. The van der Waals surface area contributed by atoms with Crippen LogP contribution in [-0.4, -0.2) is 46.8 Å². The van der Waals surface area contributed by atoms with Gasteiger partial charge in [0.2, 0.25) is 11.8 Å². The van der Waals surface area contributed by atoms with Gasteiger partial charge in [-0.25, -0.2) is 5.01 Å². The van der Waals surface area contributed by atoms with Crippen LogP contribution < -0.4 is 11.2 Å². The van der Waals surface area contributed by atoms with Crippen molar-refractivity contribution in [2.75, 3.05) is 13.1 Å². The van der Waals surface area contributed by atoms with Crippen LogP contribution in [0.4, 0.5) is 0 Å². The fourth-order valence-corrected chi connectivity index (χ4v) is 4.08. The number of hydrogen-bond acceptors (Lipinski definition) is 5. The minimum atomic E-state index is -0.554. The normalized spacial score (nSPS) is 25.2. The van der Waals surface area contributed by atoms with Crippen molar-refractivity contribution in [1.82, 2.24) is 15.2 Å². The van der Waals surface area contributed by atoms with Crippen molar-refractivity contribution in [2.24, 2.45) is 5.84 Å². The number of nitrogens with two attached hydrogens (primary N) is 1. The molecule has 0 aliphatic carbocycles. The van der Waals surface area contributed by atoms with E-state index in [1.165, 1.54) is 5.56 Å². The zero-order chi connectivity index (χ0) is 17.6. The third kappa shape index (κ3) is 2.94. The van der Waals surface area contributed by atoms with E-state index in [-0.39, 0.29) is 24.1 Å². The molecule has 0 spiro atoms. The molecule has 1 atom stereocenters. The van der Waals surface area contributed by atoms with Crippen molar-refractivity contribution < 1.29 is 14.4 Å². The first-order valence-electron chi connectivity index (χ1n) is 8.80. The van der Waals surface area contributed by atoms with Crippen LogP contribution in [0.25, 0.3) is 0 Å². The zero-order valence-electron chi connectivity index (χ0n) is 14.0. The van der Waals surface area contributed by atoms with E-state index in [4.69, 9.17) is 5.84 Å². The quantitative estimate of drug-likeness (QED) is 0.603. The number of imide groups is 1. The van der Waals surface area contributed by atoms with E-state index in [1.807, 2.05) is 17.1 Å². The molecule has 2 saturated heterocycles. The molecule has 25 heavy (non-hydrogen) atoms. The van der Waals surface area contributed by atoms with Crippen molar-refractivity contribution >= 4 is 17.7 Å². The fraction of sp³-hybridized carbons (Fsp3) is 0.500. The third-order valence-corrected chi connectivity index (χ3v) is 5.55. The summed E-state index contributed by atoms with van der Waals surface area (Å²) in [4.78, 5) is 37.7. The minimum Gasteiger partial charge on any atom is -0.322 e. The van der Waals surface area contributed by atoms with Crippen molar-refractivity contribution in [2.45, 2.75) is 44.2 Å². The largest absolute Gasteiger partial charge is 0.322 e. The number of piperidine rings is 2. The molecule has 1 aromatic carbocycles. The van der Waals surface area contributed by atoms with Gasteiger partial charge in [-0.15, -0.1) is 0 Å². The van der Waals surface area contributed by atoms with Crippen molar-refractivity contribution in [3.63, 3.8) is 0 Å². The predicted octanol–water partition coefficient (Wildman–Crippen LogP) is 0.501. The van der Waals surface area contributed by atoms with E-state index in [1.54, 1.807) is 4.90 Å². The molecule has 7 heteroatoms. The lowest BCUT2D eigenvalue weighted by molar-refractivity contribution is -0.136. The third-order valence-electron chi connectivity index (χ3n) is 5.55. The Hall–Kier alpha value is -2.25. The average Bonchev–Trinajstić information content (AvgIpc) is 2.92. The Balaban J connectivity index is 1.53. The number of nitrogens with zero attached hydrogens (tertiary/aromatic N) is 2. The maximum atomic E-state index is 12.7. The molecule has 0 aromatic heterocycles. The maximum absolute atomic E-state index is 12.7. The standard InChI is InChI=1S/C18H22N4O3/c19-21-7-5-11(6-8-21)12-1-2-14-13(9-12)10-22(18(14)25)15-3-4-16(23)20-17(15)24/h1-2,9,11,15H,3-8,10,19H2,(H,20,23,24). The van der Waals surface area contributed by atoms with Crippen LogP contribution in [0.5, 0.6) is 0 Å². The molecule has 132 valence electrons. The number of hydrogen-bond donors (Lipinski definition) is 2. The number of amides is 3. The molecule has 0 radical (unpaired) electrons. The molecule has 4 rings (SSSR count). The van der Waals surface area contributed by atoms with E-state index in [0.29, 0.717) is 24.4 Å². The summed E-state index contributed by atoms with van der Waals surface area (Å²) in [5.74, 6) is 5.54. The number of fused-ring (bicyclic) bond motifs is 1. The summed E-state index contributed by atoms with van der Waals surface area (Å²) >= 11 is 0. The number of carbonyl (C=O) groups excluding carboxylic acids is 3. The number of nitrogens with one attached hydrogen (secondary N) is 1. The van der Waals surface area contributed by atoms with Crippen molar-refractivity contribution in [3.8, 4) is 0 Å². The second kappa shape index (κ2) is 6.24. The molecule has 7 nitrogen and oxygen atoms in total.